The third kappa shape index (κ3) is 4.76. The normalized spacial score (nSPS) is 10.8. The minimum atomic E-state index is -0.230. The number of nitrogens with zero attached hydrogens (tertiary/aromatic N) is 1. The van der Waals surface area contributed by atoms with Crippen molar-refractivity contribution in [1.29, 1.82) is 0 Å². The van der Waals surface area contributed by atoms with Crippen LogP contribution in [0.25, 0.3) is 0 Å². The van der Waals surface area contributed by atoms with Gasteiger partial charge in [0.05, 0.1) is 0 Å². The minimum Gasteiger partial charge on any atom is -0.466 e. The van der Waals surface area contributed by atoms with E-state index >= 15 is 0 Å². The highest BCUT2D eigenvalue weighted by molar-refractivity contribution is 7.15. The van der Waals surface area contributed by atoms with E-state index in [1.807, 2.05) is 19.1 Å². The molecule has 0 fully saturated rings. The molecule has 3 rings (SSSR count). The lowest BCUT2D eigenvalue weighted by atomic mass is 10.1. The number of carbonyl (C=O) groups excluding carboxylic acids is 1. The van der Waals surface area contributed by atoms with Crippen LogP contribution in [0, 0.1) is 5.82 Å². The predicted molar refractivity (Wildman–Crippen MR) is 96.4 cm³/mol. The van der Waals surface area contributed by atoms with Crippen molar-refractivity contribution in [2.75, 3.05) is 5.32 Å². The number of furan rings is 1. The summed E-state index contributed by atoms with van der Waals surface area (Å²) in [6.45, 7) is 2.02. The zero-order valence-corrected chi connectivity index (χ0v) is 14.7. The van der Waals surface area contributed by atoms with Crippen LogP contribution in [0.15, 0.2) is 47.0 Å². The first kappa shape index (κ1) is 17.4. The molecule has 0 aliphatic heterocycles. The first-order chi connectivity index (χ1) is 12.1. The molecule has 0 aliphatic rings. The second-order valence-corrected chi connectivity index (χ2v) is 6.78. The van der Waals surface area contributed by atoms with Crippen LogP contribution >= 0.6 is 11.3 Å². The molecule has 1 amide bonds. The third-order valence-corrected chi connectivity index (χ3v) is 4.70. The summed E-state index contributed by atoms with van der Waals surface area (Å²) in [7, 11) is 0. The van der Waals surface area contributed by atoms with Crippen molar-refractivity contribution in [3.8, 4) is 0 Å². The van der Waals surface area contributed by atoms with Crippen LogP contribution < -0.4 is 5.32 Å². The summed E-state index contributed by atoms with van der Waals surface area (Å²) in [6, 6.07) is 10.5. The number of aromatic nitrogens is 1. The van der Waals surface area contributed by atoms with Gasteiger partial charge >= 0.3 is 0 Å². The quantitative estimate of drug-likeness (QED) is 0.671. The van der Waals surface area contributed by atoms with E-state index in [0.29, 0.717) is 30.0 Å². The Morgan fingerprint density at radius 3 is 2.80 bits per heavy atom. The van der Waals surface area contributed by atoms with E-state index < -0.39 is 0 Å². The zero-order chi connectivity index (χ0) is 17.6. The lowest BCUT2D eigenvalue weighted by Gasteiger charge is -2.01. The molecular formula is C19H19FN2O2S. The number of hydrogen-bond donors (Lipinski definition) is 1. The van der Waals surface area contributed by atoms with Gasteiger partial charge in [-0.2, -0.15) is 0 Å². The van der Waals surface area contributed by atoms with Crippen LogP contribution in [0.1, 0.15) is 35.3 Å². The fourth-order valence-electron chi connectivity index (χ4n) is 2.44. The fraction of sp³-hybridized carbons (Fsp3) is 0.263. The number of nitrogens with one attached hydrogen (secondary N) is 1. The molecule has 0 saturated carbocycles. The van der Waals surface area contributed by atoms with Gasteiger partial charge in [0.25, 0.3) is 0 Å². The van der Waals surface area contributed by atoms with Crippen molar-refractivity contribution in [2.45, 2.75) is 32.6 Å². The van der Waals surface area contributed by atoms with E-state index in [1.54, 1.807) is 24.4 Å². The Morgan fingerprint density at radius 2 is 2.04 bits per heavy atom. The maximum absolute atomic E-state index is 13.7. The average molecular weight is 358 g/mol. The Labute approximate surface area is 149 Å². The summed E-state index contributed by atoms with van der Waals surface area (Å²) in [4.78, 5) is 17.1. The monoisotopic (exact) mass is 358 g/mol. The molecule has 0 unspecified atom stereocenters. The Hall–Kier alpha value is -2.47. The number of carbonyl (C=O) groups is 1. The van der Waals surface area contributed by atoms with E-state index in [2.05, 4.69) is 10.3 Å². The van der Waals surface area contributed by atoms with Crippen LogP contribution in [0.5, 0.6) is 0 Å². The maximum atomic E-state index is 13.7. The predicted octanol–water partition coefficient (Wildman–Crippen LogP) is 4.60. The highest BCUT2D eigenvalue weighted by atomic mass is 32.1. The summed E-state index contributed by atoms with van der Waals surface area (Å²) in [5, 5.41) is 3.32. The second-order valence-electron chi connectivity index (χ2n) is 5.67. The van der Waals surface area contributed by atoms with Crippen LogP contribution in [0.4, 0.5) is 9.52 Å². The molecule has 1 aromatic carbocycles. The van der Waals surface area contributed by atoms with Crippen molar-refractivity contribution < 1.29 is 13.6 Å². The summed E-state index contributed by atoms with van der Waals surface area (Å²) < 4.78 is 19.3. The number of thiazole rings is 1. The summed E-state index contributed by atoms with van der Waals surface area (Å²) in [5.41, 5.74) is 0.619. The van der Waals surface area contributed by atoms with Crippen LogP contribution in [0.2, 0.25) is 0 Å². The Morgan fingerprint density at radius 1 is 1.24 bits per heavy atom. The molecule has 2 heterocycles. The molecule has 2 aromatic heterocycles. The van der Waals surface area contributed by atoms with Gasteiger partial charge in [0, 0.05) is 36.8 Å². The van der Waals surface area contributed by atoms with E-state index in [1.165, 1.54) is 17.4 Å². The van der Waals surface area contributed by atoms with Crippen molar-refractivity contribution in [1.82, 2.24) is 4.98 Å². The first-order valence-electron chi connectivity index (χ1n) is 8.19. The SMILES string of the molecule is CCc1ccc(CCC(=O)Nc2ncc(Cc3ccccc3F)s2)o1. The van der Waals surface area contributed by atoms with Crippen molar-refractivity contribution in [2.24, 2.45) is 0 Å². The number of benzene rings is 1. The molecular weight excluding hydrogens is 339 g/mol. The minimum absolute atomic E-state index is 0.110. The molecule has 0 saturated heterocycles. The number of halogens is 1. The fourth-order valence-corrected chi connectivity index (χ4v) is 3.29. The van der Waals surface area contributed by atoms with Gasteiger partial charge in [0.2, 0.25) is 5.91 Å². The molecule has 25 heavy (non-hydrogen) atoms. The molecule has 0 atom stereocenters. The standard InChI is InChI=1S/C19H19FN2O2S/c1-2-14-7-8-15(24-14)9-10-18(23)22-19-21-12-16(25-19)11-13-5-3-4-6-17(13)20/h3-8,12H,2,9-11H2,1H3,(H,21,22,23). The summed E-state index contributed by atoms with van der Waals surface area (Å²) >= 11 is 1.36. The van der Waals surface area contributed by atoms with Crippen LogP contribution in [-0.2, 0) is 24.1 Å². The lowest BCUT2D eigenvalue weighted by Crippen LogP contribution is -2.11. The first-order valence-corrected chi connectivity index (χ1v) is 9.01. The number of aryl methyl sites for hydroxylation is 2. The molecule has 3 aromatic rings. The second kappa shape index (κ2) is 8.07. The Bertz CT molecular complexity index is 856. The largest absolute Gasteiger partial charge is 0.466 e. The van der Waals surface area contributed by atoms with E-state index in [-0.39, 0.29) is 11.7 Å². The summed E-state index contributed by atoms with van der Waals surface area (Å²) in [6.07, 6.45) is 3.87. The van der Waals surface area contributed by atoms with Crippen LogP contribution in [-0.4, -0.2) is 10.9 Å². The van der Waals surface area contributed by atoms with Gasteiger partial charge in [0.15, 0.2) is 5.13 Å². The molecule has 0 spiro atoms. The van der Waals surface area contributed by atoms with Crippen molar-refractivity contribution in [3.05, 3.63) is 70.4 Å². The topological polar surface area (TPSA) is 55.1 Å². The number of hydrogen-bond acceptors (Lipinski definition) is 4. The maximum Gasteiger partial charge on any atom is 0.226 e. The molecule has 4 nitrogen and oxygen atoms in total. The molecule has 0 radical (unpaired) electrons. The lowest BCUT2D eigenvalue weighted by molar-refractivity contribution is -0.116. The Kier molecular flexibility index (Phi) is 5.60. The molecule has 130 valence electrons. The van der Waals surface area contributed by atoms with Gasteiger partial charge < -0.3 is 9.73 Å². The highest BCUT2D eigenvalue weighted by Crippen LogP contribution is 2.22. The number of amides is 1. The van der Waals surface area contributed by atoms with Gasteiger partial charge in [-0.25, -0.2) is 9.37 Å². The molecule has 6 heteroatoms. The Balaban J connectivity index is 1.52. The molecule has 1 N–H and O–H groups in total. The smallest absolute Gasteiger partial charge is 0.226 e. The van der Waals surface area contributed by atoms with Gasteiger partial charge in [-0.1, -0.05) is 25.1 Å². The molecule has 0 bridgehead atoms. The van der Waals surface area contributed by atoms with Gasteiger partial charge in [-0.15, -0.1) is 11.3 Å². The van der Waals surface area contributed by atoms with E-state index in [4.69, 9.17) is 4.42 Å². The number of anilines is 1. The van der Waals surface area contributed by atoms with Crippen molar-refractivity contribution in [3.63, 3.8) is 0 Å². The average Bonchev–Trinajstić information content (AvgIpc) is 3.24. The zero-order valence-electron chi connectivity index (χ0n) is 13.9. The van der Waals surface area contributed by atoms with E-state index in [9.17, 15) is 9.18 Å². The van der Waals surface area contributed by atoms with Gasteiger partial charge in [-0.05, 0) is 23.8 Å². The number of rotatable bonds is 7. The summed E-state index contributed by atoms with van der Waals surface area (Å²) in [5.74, 6) is 1.40. The van der Waals surface area contributed by atoms with Crippen molar-refractivity contribution >= 4 is 22.4 Å². The van der Waals surface area contributed by atoms with Gasteiger partial charge in [-0.3, -0.25) is 4.79 Å². The highest BCUT2D eigenvalue weighted by Gasteiger charge is 2.10. The molecule has 0 aliphatic carbocycles. The van der Waals surface area contributed by atoms with Crippen LogP contribution in [0.3, 0.4) is 0 Å². The van der Waals surface area contributed by atoms with Gasteiger partial charge in [0.1, 0.15) is 17.3 Å². The third-order valence-electron chi connectivity index (χ3n) is 3.79. The van der Waals surface area contributed by atoms with E-state index in [0.717, 1.165) is 22.8 Å².